The Hall–Kier alpha value is -2.09. The van der Waals surface area contributed by atoms with Crippen LogP contribution in [0.5, 0.6) is 5.75 Å². The number of ether oxygens (including phenoxy) is 1. The van der Waals surface area contributed by atoms with Gasteiger partial charge in [0, 0.05) is 24.5 Å². The summed E-state index contributed by atoms with van der Waals surface area (Å²) in [6.07, 6.45) is 0.678. The van der Waals surface area contributed by atoms with Gasteiger partial charge >= 0.3 is 5.97 Å². The molecule has 2 heterocycles. The second kappa shape index (κ2) is 6.80. The summed E-state index contributed by atoms with van der Waals surface area (Å²) in [7, 11) is 1.65. The lowest BCUT2D eigenvalue weighted by atomic mass is 9.96. The van der Waals surface area contributed by atoms with E-state index in [0.29, 0.717) is 18.0 Å². The molecule has 1 aromatic carbocycles. The number of hydrogen-bond acceptors (Lipinski definition) is 6. The summed E-state index contributed by atoms with van der Waals surface area (Å²) in [5.74, 6) is -0.128. The molecule has 0 saturated heterocycles. The highest BCUT2D eigenvalue weighted by atomic mass is 32.1. The number of carboxylic acids is 1. The molecule has 1 aromatic heterocycles. The Morgan fingerprint density at radius 3 is 2.71 bits per heavy atom. The second-order valence-corrected chi connectivity index (χ2v) is 6.89. The third kappa shape index (κ3) is 2.98. The van der Waals surface area contributed by atoms with Crippen LogP contribution in [0.2, 0.25) is 0 Å². The van der Waals surface area contributed by atoms with Crippen molar-refractivity contribution in [3.05, 3.63) is 45.8 Å². The molecule has 0 aliphatic carbocycles. The van der Waals surface area contributed by atoms with E-state index >= 15 is 0 Å². The normalized spacial score (nSPS) is 17.5. The summed E-state index contributed by atoms with van der Waals surface area (Å²) >= 11 is 1.35. The molecule has 1 aliphatic rings. The van der Waals surface area contributed by atoms with Gasteiger partial charge in [-0.25, -0.2) is 4.79 Å². The Balaban J connectivity index is 1.86. The SMILES string of the molecule is COc1ccc(CN2CCc3c(sc(N)c3C(=O)O)C2CN)cc1. The van der Waals surface area contributed by atoms with Gasteiger partial charge in [0.1, 0.15) is 10.8 Å². The molecule has 6 nitrogen and oxygen atoms in total. The molecule has 128 valence electrons. The summed E-state index contributed by atoms with van der Waals surface area (Å²) in [5.41, 5.74) is 14.2. The van der Waals surface area contributed by atoms with E-state index in [0.717, 1.165) is 29.3 Å². The largest absolute Gasteiger partial charge is 0.497 e. The number of nitrogens with two attached hydrogens (primary N) is 2. The zero-order chi connectivity index (χ0) is 17.3. The monoisotopic (exact) mass is 347 g/mol. The molecule has 1 atom stereocenters. The number of fused-ring (bicyclic) bond motifs is 1. The number of carbonyl (C=O) groups is 1. The number of benzene rings is 1. The average Bonchev–Trinajstić information content (AvgIpc) is 2.91. The number of carboxylic acid groups (broad SMARTS) is 1. The number of rotatable bonds is 5. The van der Waals surface area contributed by atoms with E-state index in [2.05, 4.69) is 4.90 Å². The van der Waals surface area contributed by atoms with E-state index in [4.69, 9.17) is 16.2 Å². The minimum absolute atomic E-state index is 0.00347. The zero-order valence-electron chi connectivity index (χ0n) is 13.5. The van der Waals surface area contributed by atoms with Crippen molar-refractivity contribution in [3.8, 4) is 5.75 Å². The van der Waals surface area contributed by atoms with Gasteiger partial charge in [0.15, 0.2) is 0 Å². The van der Waals surface area contributed by atoms with E-state index in [9.17, 15) is 9.90 Å². The number of methoxy groups -OCH3 is 1. The van der Waals surface area contributed by atoms with Gasteiger partial charge in [0.05, 0.1) is 18.7 Å². The van der Waals surface area contributed by atoms with Crippen molar-refractivity contribution in [1.29, 1.82) is 0 Å². The van der Waals surface area contributed by atoms with Gasteiger partial charge in [-0.15, -0.1) is 11.3 Å². The summed E-state index contributed by atoms with van der Waals surface area (Å²) in [6, 6.07) is 7.94. The maximum atomic E-state index is 11.5. The first-order valence-electron chi connectivity index (χ1n) is 7.76. The minimum atomic E-state index is -0.954. The van der Waals surface area contributed by atoms with Crippen molar-refractivity contribution in [3.63, 3.8) is 0 Å². The fraction of sp³-hybridized carbons (Fsp3) is 0.353. The van der Waals surface area contributed by atoms with E-state index in [-0.39, 0.29) is 11.6 Å². The highest BCUT2D eigenvalue weighted by molar-refractivity contribution is 7.16. The van der Waals surface area contributed by atoms with Crippen LogP contribution in [-0.2, 0) is 13.0 Å². The lowest BCUT2D eigenvalue weighted by molar-refractivity contribution is 0.0696. The number of anilines is 1. The predicted octanol–water partition coefficient (Wildman–Crippen LogP) is 2.10. The third-order valence-corrected chi connectivity index (χ3v) is 5.60. The van der Waals surface area contributed by atoms with Gasteiger partial charge in [-0.2, -0.15) is 0 Å². The van der Waals surface area contributed by atoms with Gasteiger partial charge in [0.2, 0.25) is 0 Å². The number of nitrogen functional groups attached to an aromatic ring is 1. The molecule has 0 radical (unpaired) electrons. The summed E-state index contributed by atoms with van der Waals surface area (Å²) in [6.45, 7) is 1.95. The van der Waals surface area contributed by atoms with Crippen molar-refractivity contribution in [2.45, 2.75) is 19.0 Å². The minimum Gasteiger partial charge on any atom is -0.497 e. The Bertz CT molecular complexity index is 742. The average molecular weight is 347 g/mol. The number of hydrogen-bond donors (Lipinski definition) is 3. The van der Waals surface area contributed by atoms with Crippen LogP contribution in [-0.4, -0.2) is 36.2 Å². The van der Waals surface area contributed by atoms with E-state index in [1.54, 1.807) is 7.11 Å². The van der Waals surface area contributed by atoms with Crippen molar-refractivity contribution in [2.75, 3.05) is 25.9 Å². The molecular formula is C17H21N3O3S. The summed E-state index contributed by atoms with van der Waals surface area (Å²) in [4.78, 5) is 14.7. The molecule has 1 unspecified atom stereocenters. The zero-order valence-corrected chi connectivity index (χ0v) is 14.3. The van der Waals surface area contributed by atoms with Crippen LogP contribution >= 0.6 is 11.3 Å². The maximum absolute atomic E-state index is 11.5. The predicted molar refractivity (Wildman–Crippen MR) is 94.6 cm³/mol. The number of aromatic carboxylic acids is 1. The highest BCUT2D eigenvalue weighted by Gasteiger charge is 2.33. The van der Waals surface area contributed by atoms with E-state index in [1.165, 1.54) is 16.9 Å². The van der Waals surface area contributed by atoms with Gasteiger partial charge in [0.25, 0.3) is 0 Å². The third-order valence-electron chi connectivity index (χ3n) is 4.44. The van der Waals surface area contributed by atoms with Crippen LogP contribution < -0.4 is 16.2 Å². The standard InChI is InChI=1S/C17H21N3O3S/c1-23-11-4-2-10(3-5-11)9-20-7-6-12-14(17(21)22)16(19)24-15(12)13(20)8-18/h2-5,13H,6-9,18-19H2,1H3,(H,21,22). The van der Waals surface area contributed by atoms with Crippen molar-refractivity contribution < 1.29 is 14.6 Å². The quantitative estimate of drug-likeness (QED) is 0.765. The Morgan fingerprint density at radius 2 is 2.12 bits per heavy atom. The molecule has 0 saturated carbocycles. The number of thiophene rings is 1. The van der Waals surface area contributed by atoms with Crippen molar-refractivity contribution in [2.24, 2.45) is 5.73 Å². The molecule has 1 aliphatic heterocycles. The van der Waals surface area contributed by atoms with E-state index < -0.39 is 5.97 Å². The molecule has 7 heteroatoms. The van der Waals surface area contributed by atoms with Gasteiger partial charge < -0.3 is 21.3 Å². The molecule has 0 amide bonds. The van der Waals surface area contributed by atoms with Crippen molar-refractivity contribution >= 4 is 22.3 Å². The van der Waals surface area contributed by atoms with Gasteiger partial charge in [-0.3, -0.25) is 4.90 Å². The molecule has 5 N–H and O–H groups in total. The molecule has 24 heavy (non-hydrogen) atoms. The molecule has 0 fully saturated rings. The summed E-state index contributed by atoms with van der Waals surface area (Å²) < 4.78 is 5.18. The summed E-state index contributed by atoms with van der Waals surface area (Å²) in [5, 5.41) is 9.76. The topological polar surface area (TPSA) is 102 Å². The first-order chi connectivity index (χ1) is 11.5. The number of nitrogens with zero attached hydrogens (tertiary/aromatic N) is 1. The maximum Gasteiger partial charge on any atom is 0.338 e. The fourth-order valence-corrected chi connectivity index (χ4v) is 4.50. The first kappa shape index (κ1) is 16.8. The van der Waals surface area contributed by atoms with Crippen LogP contribution in [0.4, 0.5) is 5.00 Å². The van der Waals surface area contributed by atoms with Crippen LogP contribution in [0.25, 0.3) is 0 Å². The molecular weight excluding hydrogens is 326 g/mol. The second-order valence-electron chi connectivity index (χ2n) is 5.81. The van der Waals surface area contributed by atoms with Gasteiger partial charge in [-0.05, 0) is 29.7 Å². The van der Waals surface area contributed by atoms with Crippen LogP contribution in [0.1, 0.15) is 32.4 Å². The molecule has 0 spiro atoms. The highest BCUT2D eigenvalue weighted by Crippen LogP contribution is 2.41. The lowest BCUT2D eigenvalue weighted by Gasteiger charge is -2.35. The fourth-order valence-electron chi connectivity index (χ4n) is 3.24. The van der Waals surface area contributed by atoms with Crippen LogP contribution in [0, 0.1) is 0 Å². The Kier molecular flexibility index (Phi) is 4.75. The van der Waals surface area contributed by atoms with E-state index in [1.807, 2.05) is 24.3 Å². The first-order valence-corrected chi connectivity index (χ1v) is 8.58. The lowest BCUT2D eigenvalue weighted by Crippen LogP contribution is -2.38. The van der Waals surface area contributed by atoms with Gasteiger partial charge in [-0.1, -0.05) is 12.1 Å². The van der Waals surface area contributed by atoms with Crippen LogP contribution in [0.15, 0.2) is 24.3 Å². The molecule has 3 rings (SSSR count). The van der Waals surface area contributed by atoms with Crippen LogP contribution in [0.3, 0.4) is 0 Å². The molecule has 2 aromatic rings. The molecule has 0 bridgehead atoms. The Labute approximate surface area is 144 Å². The Morgan fingerprint density at radius 1 is 1.42 bits per heavy atom. The smallest absolute Gasteiger partial charge is 0.338 e. The van der Waals surface area contributed by atoms with Crippen molar-refractivity contribution in [1.82, 2.24) is 4.90 Å².